The molecule has 1 aromatic heterocycles. The maximum absolute atomic E-state index is 13.9. The Labute approximate surface area is 226 Å². The van der Waals surface area contributed by atoms with Crippen LogP contribution in [0.2, 0.25) is 5.02 Å². The van der Waals surface area contributed by atoms with Gasteiger partial charge in [0.15, 0.2) is 5.13 Å². The largest absolute Gasteiger partial charge is 0.283 e. The normalized spacial score (nSPS) is 15.2. The van der Waals surface area contributed by atoms with Crippen LogP contribution in [0, 0.1) is 5.92 Å². The first-order valence-electron chi connectivity index (χ1n) is 12.4. The summed E-state index contributed by atoms with van der Waals surface area (Å²) in [7, 11) is -3.63. The van der Waals surface area contributed by atoms with Crippen LogP contribution in [0.4, 0.5) is 5.13 Å². The van der Waals surface area contributed by atoms with Crippen LogP contribution in [0.15, 0.2) is 77.7 Å². The fourth-order valence-corrected chi connectivity index (χ4v) is 7.25. The quantitative estimate of drug-likeness (QED) is 0.275. The van der Waals surface area contributed by atoms with Crippen LogP contribution in [0.5, 0.6) is 0 Å². The van der Waals surface area contributed by atoms with E-state index in [-0.39, 0.29) is 16.7 Å². The van der Waals surface area contributed by atoms with Crippen molar-refractivity contribution >= 4 is 54.2 Å². The number of piperidine rings is 1. The van der Waals surface area contributed by atoms with Crippen molar-refractivity contribution in [1.29, 1.82) is 0 Å². The van der Waals surface area contributed by atoms with Gasteiger partial charge in [-0.05, 0) is 66.8 Å². The summed E-state index contributed by atoms with van der Waals surface area (Å²) in [6, 6.07) is 22.3. The van der Waals surface area contributed by atoms with Gasteiger partial charge in [-0.3, -0.25) is 9.69 Å². The summed E-state index contributed by atoms with van der Waals surface area (Å²) in [5.74, 6) is -0.291. The Bertz CT molecular complexity index is 1500. The van der Waals surface area contributed by atoms with E-state index in [1.165, 1.54) is 33.3 Å². The SMILES string of the molecule is CCc1ccc2nc(N(Cc3ccccc3)C(=O)C3CCN(S(=O)(=O)c4ccc(Cl)cc4)CC3)sc2c1. The molecule has 0 unspecified atom stereocenters. The van der Waals surface area contributed by atoms with E-state index in [1.807, 2.05) is 36.4 Å². The lowest BCUT2D eigenvalue weighted by molar-refractivity contribution is -0.123. The highest BCUT2D eigenvalue weighted by molar-refractivity contribution is 7.89. The number of hydrogen-bond acceptors (Lipinski definition) is 5. The molecule has 0 atom stereocenters. The number of fused-ring (bicyclic) bond motifs is 1. The minimum atomic E-state index is -3.63. The molecule has 5 rings (SSSR count). The first-order chi connectivity index (χ1) is 17.8. The summed E-state index contributed by atoms with van der Waals surface area (Å²) in [5, 5.41) is 1.16. The number of benzene rings is 3. The highest BCUT2D eigenvalue weighted by Crippen LogP contribution is 2.33. The Morgan fingerprint density at radius 2 is 1.73 bits per heavy atom. The van der Waals surface area contributed by atoms with Crippen LogP contribution in [0.1, 0.15) is 30.9 Å². The van der Waals surface area contributed by atoms with Crippen LogP contribution in [-0.4, -0.2) is 36.7 Å². The number of carbonyl (C=O) groups excluding carboxylic acids is 1. The van der Waals surface area contributed by atoms with Gasteiger partial charge in [-0.25, -0.2) is 13.4 Å². The summed E-state index contributed by atoms with van der Waals surface area (Å²) < 4.78 is 28.7. The molecule has 2 heterocycles. The van der Waals surface area contributed by atoms with Crippen molar-refractivity contribution in [2.45, 2.75) is 37.6 Å². The summed E-state index contributed by atoms with van der Waals surface area (Å²) in [6.07, 6.45) is 1.86. The summed E-state index contributed by atoms with van der Waals surface area (Å²) in [6.45, 7) is 3.12. The molecule has 1 saturated heterocycles. The molecule has 1 aliphatic rings. The third-order valence-electron chi connectivity index (χ3n) is 6.78. The topological polar surface area (TPSA) is 70.6 Å². The summed E-state index contributed by atoms with van der Waals surface area (Å²) in [5.41, 5.74) is 3.14. The Morgan fingerprint density at radius 1 is 1.03 bits per heavy atom. The first kappa shape index (κ1) is 25.9. The number of carbonyl (C=O) groups is 1. The summed E-state index contributed by atoms with van der Waals surface area (Å²) in [4.78, 5) is 20.7. The monoisotopic (exact) mass is 553 g/mol. The van der Waals surface area contributed by atoms with Gasteiger partial charge < -0.3 is 0 Å². The van der Waals surface area contributed by atoms with Crippen molar-refractivity contribution in [2.75, 3.05) is 18.0 Å². The zero-order chi connectivity index (χ0) is 26.0. The molecule has 3 aromatic carbocycles. The molecule has 0 saturated carbocycles. The van der Waals surface area contributed by atoms with Gasteiger partial charge in [0.1, 0.15) is 0 Å². The second kappa shape index (κ2) is 10.9. The Balaban J connectivity index is 1.37. The van der Waals surface area contributed by atoms with Crippen LogP contribution in [0.25, 0.3) is 10.2 Å². The van der Waals surface area contributed by atoms with Gasteiger partial charge in [-0.15, -0.1) is 0 Å². The van der Waals surface area contributed by atoms with E-state index in [4.69, 9.17) is 16.6 Å². The highest BCUT2D eigenvalue weighted by Gasteiger charge is 2.35. The predicted molar refractivity (Wildman–Crippen MR) is 150 cm³/mol. The zero-order valence-electron chi connectivity index (χ0n) is 20.5. The van der Waals surface area contributed by atoms with Crippen molar-refractivity contribution in [3.8, 4) is 0 Å². The number of sulfonamides is 1. The van der Waals surface area contributed by atoms with Gasteiger partial charge in [-0.2, -0.15) is 4.31 Å². The standard InChI is InChI=1S/C28H28ClN3O3S2/c1-2-20-8-13-25-26(18-20)36-28(30-25)32(19-21-6-4-3-5-7-21)27(33)22-14-16-31(17-15-22)37(34,35)24-11-9-23(29)10-12-24/h3-13,18,22H,2,14-17,19H2,1H3. The molecule has 192 valence electrons. The molecule has 0 aliphatic carbocycles. The van der Waals surface area contributed by atoms with Gasteiger partial charge in [-0.1, -0.05) is 66.3 Å². The third-order valence-corrected chi connectivity index (χ3v) is 9.99. The molecule has 0 bridgehead atoms. The van der Waals surface area contributed by atoms with Crippen LogP contribution in [-0.2, 0) is 27.8 Å². The average molecular weight is 554 g/mol. The second-order valence-corrected chi connectivity index (χ2v) is 12.6. The number of aromatic nitrogens is 1. The number of anilines is 1. The predicted octanol–water partition coefficient (Wildman–Crippen LogP) is 6.15. The molecule has 1 aliphatic heterocycles. The summed E-state index contributed by atoms with van der Waals surface area (Å²) >= 11 is 7.45. The van der Waals surface area contributed by atoms with Gasteiger partial charge in [0.25, 0.3) is 0 Å². The van der Waals surface area contributed by atoms with E-state index in [2.05, 4.69) is 19.1 Å². The van der Waals surface area contributed by atoms with Crippen LogP contribution < -0.4 is 4.90 Å². The molecule has 1 fully saturated rings. The zero-order valence-corrected chi connectivity index (χ0v) is 22.9. The number of halogens is 1. The van der Waals surface area contributed by atoms with Crippen molar-refractivity contribution in [2.24, 2.45) is 5.92 Å². The molecule has 6 nitrogen and oxygen atoms in total. The molecule has 0 spiro atoms. The number of aryl methyl sites for hydroxylation is 1. The second-order valence-electron chi connectivity index (χ2n) is 9.19. The van der Waals surface area contributed by atoms with E-state index in [9.17, 15) is 13.2 Å². The van der Waals surface area contributed by atoms with E-state index in [0.29, 0.717) is 42.6 Å². The Kier molecular flexibility index (Phi) is 7.62. The van der Waals surface area contributed by atoms with E-state index < -0.39 is 10.0 Å². The lowest BCUT2D eigenvalue weighted by atomic mass is 9.96. The molecule has 37 heavy (non-hydrogen) atoms. The number of rotatable bonds is 7. The minimum Gasteiger partial charge on any atom is -0.283 e. The van der Waals surface area contributed by atoms with Gasteiger partial charge in [0.2, 0.25) is 15.9 Å². The number of hydrogen-bond donors (Lipinski definition) is 0. The van der Waals surface area contributed by atoms with Crippen molar-refractivity contribution in [1.82, 2.24) is 9.29 Å². The molecular formula is C28H28ClN3O3S2. The molecule has 4 aromatic rings. The Hall–Kier alpha value is -2.78. The van der Waals surface area contributed by atoms with Gasteiger partial charge in [0, 0.05) is 24.0 Å². The van der Waals surface area contributed by atoms with Crippen molar-refractivity contribution in [3.05, 3.63) is 88.9 Å². The van der Waals surface area contributed by atoms with E-state index in [0.717, 1.165) is 22.2 Å². The van der Waals surface area contributed by atoms with Crippen molar-refractivity contribution < 1.29 is 13.2 Å². The molecular weight excluding hydrogens is 526 g/mol. The third kappa shape index (κ3) is 5.57. The average Bonchev–Trinajstić information content (AvgIpc) is 3.35. The number of thiazole rings is 1. The van der Waals surface area contributed by atoms with E-state index >= 15 is 0 Å². The molecule has 0 N–H and O–H groups in total. The first-order valence-corrected chi connectivity index (χ1v) is 15.0. The lowest BCUT2D eigenvalue weighted by Crippen LogP contribution is -2.44. The van der Waals surface area contributed by atoms with E-state index in [1.54, 1.807) is 17.0 Å². The molecule has 0 radical (unpaired) electrons. The fraction of sp³-hybridized carbons (Fsp3) is 0.286. The maximum atomic E-state index is 13.9. The fourth-order valence-electron chi connectivity index (χ4n) is 4.62. The smallest absolute Gasteiger partial charge is 0.243 e. The van der Waals surface area contributed by atoms with Gasteiger partial charge >= 0.3 is 0 Å². The van der Waals surface area contributed by atoms with Crippen LogP contribution >= 0.6 is 22.9 Å². The lowest BCUT2D eigenvalue weighted by Gasteiger charge is -2.33. The highest BCUT2D eigenvalue weighted by atomic mass is 35.5. The Morgan fingerprint density at radius 3 is 2.41 bits per heavy atom. The number of nitrogens with zero attached hydrogens (tertiary/aromatic N) is 3. The maximum Gasteiger partial charge on any atom is 0.243 e. The minimum absolute atomic E-state index is 0.0119. The van der Waals surface area contributed by atoms with Crippen molar-refractivity contribution in [3.63, 3.8) is 0 Å². The molecule has 1 amide bonds. The number of amides is 1. The van der Waals surface area contributed by atoms with Gasteiger partial charge in [0.05, 0.1) is 21.7 Å². The molecule has 9 heteroatoms. The van der Waals surface area contributed by atoms with Crippen LogP contribution in [0.3, 0.4) is 0 Å².